The molecule has 3 aromatic carbocycles. The van der Waals surface area contributed by atoms with Crippen molar-refractivity contribution in [3.8, 4) is 34.9 Å². The third kappa shape index (κ3) is 6.06. The Hall–Kier alpha value is -5.14. The molecule has 1 amide bonds. The molecule has 4 aromatic rings. The maximum absolute atomic E-state index is 13.4. The molecule has 7 nitrogen and oxygen atoms in total. The summed E-state index contributed by atoms with van der Waals surface area (Å²) >= 11 is 0. The van der Waals surface area contributed by atoms with Crippen molar-refractivity contribution in [2.75, 3.05) is 12.4 Å². The summed E-state index contributed by atoms with van der Waals surface area (Å²) in [5, 5.41) is 16.6. The van der Waals surface area contributed by atoms with Crippen molar-refractivity contribution in [2.45, 2.75) is 33.1 Å². The summed E-state index contributed by atoms with van der Waals surface area (Å²) < 4.78 is 10.7. The highest BCUT2D eigenvalue weighted by atomic mass is 16.5. The molecule has 0 saturated heterocycles. The number of aromatic nitrogens is 1. The Kier molecular flexibility index (Phi) is 7.65. The molecule has 4 rings (SSSR count). The van der Waals surface area contributed by atoms with Crippen LogP contribution in [-0.2, 0) is 5.41 Å². The Morgan fingerprint density at radius 3 is 2.44 bits per heavy atom. The van der Waals surface area contributed by atoms with Crippen molar-refractivity contribution in [3.63, 3.8) is 0 Å². The van der Waals surface area contributed by atoms with Gasteiger partial charge in [0.05, 0.1) is 18.2 Å². The van der Waals surface area contributed by atoms with E-state index in [1.165, 1.54) is 13.2 Å². The highest BCUT2D eigenvalue weighted by molar-refractivity contribution is 6.08. The van der Waals surface area contributed by atoms with Crippen LogP contribution in [0.25, 0.3) is 11.3 Å². The number of rotatable bonds is 5. The molecule has 0 aliphatic heterocycles. The zero-order valence-electron chi connectivity index (χ0n) is 22.4. The third-order valence-electron chi connectivity index (χ3n) is 6.12. The number of anilines is 1. The number of aryl methyl sites for hydroxylation is 1. The molecule has 1 aromatic heterocycles. The number of hydrogen-bond donors (Lipinski definition) is 1. The fourth-order valence-corrected chi connectivity index (χ4v) is 3.93. The van der Waals surface area contributed by atoms with E-state index in [-0.39, 0.29) is 28.1 Å². The lowest BCUT2D eigenvalue weighted by atomic mass is 9.84. The summed E-state index contributed by atoms with van der Waals surface area (Å²) in [5.41, 5.74) is 4.31. The Morgan fingerprint density at radius 2 is 1.77 bits per heavy atom. The molecule has 0 spiro atoms. The largest absolute Gasteiger partial charge is 0.495 e. The maximum Gasteiger partial charge on any atom is 0.274 e. The molecular formula is C32H27N3O4. The van der Waals surface area contributed by atoms with Crippen LogP contribution in [0.1, 0.15) is 63.9 Å². The highest BCUT2D eigenvalue weighted by Crippen LogP contribution is 2.33. The molecule has 0 aliphatic carbocycles. The third-order valence-corrected chi connectivity index (χ3v) is 6.12. The second kappa shape index (κ2) is 11.1. The van der Waals surface area contributed by atoms with Crippen LogP contribution in [0.3, 0.4) is 0 Å². The minimum Gasteiger partial charge on any atom is -0.495 e. The van der Waals surface area contributed by atoms with E-state index in [0.29, 0.717) is 16.9 Å². The van der Waals surface area contributed by atoms with Crippen LogP contribution >= 0.6 is 0 Å². The first-order valence-electron chi connectivity index (χ1n) is 12.2. The van der Waals surface area contributed by atoms with Crippen LogP contribution in [0.4, 0.5) is 5.69 Å². The second-order valence-electron chi connectivity index (χ2n) is 9.97. The molecule has 0 bridgehead atoms. The molecule has 39 heavy (non-hydrogen) atoms. The number of amides is 1. The molecule has 0 atom stereocenters. The monoisotopic (exact) mass is 517 g/mol. The molecule has 0 aliphatic rings. The van der Waals surface area contributed by atoms with Crippen LogP contribution < -0.4 is 10.1 Å². The van der Waals surface area contributed by atoms with Gasteiger partial charge in [-0.15, -0.1) is 0 Å². The summed E-state index contributed by atoms with van der Waals surface area (Å²) in [6.45, 7) is 7.91. The first-order valence-corrected chi connectivity index (χ1v) is 12.2. The lowest BCUT2D eigenvalue weighted by Crippen LogP contribution is -2.18. The van der Waals surface area contributed by atoms with E-state index in [9.17, 15) is 14.9 Å². The van der Waals surface area contributed by atoms with Crippen LogP contribution in [0.2, 0.25) is 0 Å². The number of benzene rings is 3. The van der Waals surface area contributed by atoms with E-state index in [4.69, 9.17) is 9.26 Å². The van der Waals surface area contributed by atoms with Gasteiger partial charge < -0.3 is 14.6 Å². The lowest BCUT2D eigenvalue weighted by Gasteiger charge is -2.22. The fourth-order valence-electron chi connectivity index (χ4n) is 3.93. The van der Waals surface area contributed by atoms with E-state index in [1.807, 2.05) is 64.1 Å². The van der Waals surface area contributed by atoms with Gasteiger partial charge >= 0.3 is 0 Å². The van der Waals surface area contributed by atoms with Gasteiger partial charge in [0, 0.05) is 22.9 Å². The first kappa shape index (κ1) is 26.9. The zero-order chi connectivity index (χ0) is 28.2. The average molecular weight is 518 g/mol. The minimum atomic E-state index is -0.487. The molecule has 0 unspecified atom stereocenters. The van der Waals surface area contributed by atoms with Gasteiger partial charge in [0.2, 0.25) is 5.76 Å². The van der Waals surface area contributed by atoms with Crippen molar-refractivity contribution in [1.29, 1.82) is 5.26 Å². The number of carbonyl (C=O) groups is 2. The number of ketones is 1. The molecule has 1 N–H and O–H groups in total. The Morgan fingerprint density at radius 1 is 1.03 bits per heavy atom. The summed E-state index contributed by atoms with van der Waals surface area (Å²) in [5.74, 6) is 4.72. The maximum atomic E-state index is 13.4. The van der Waals surface area contributed by atoms with E-state index >= 15 is 0 Å². The van der Waals surface area contributed by atoms with Crippen molar-refractivity contribution in [1.82, 2.24) is 5.16 Å². The van der Waals surface area contributed by atoms with Gasteiger partial charge in [-0.25, -0.2) is 0 Å². The summed E-state index contributed by atoms with van der Waals surface area (Å²) in [6, 6.07) is 21.7. The summed E-state index contributed by atoms with van der Waals surface area (Å²) in [7, 11) is 1.43. The number of nitrogens with one attached hydrogen (secondary N) is 1. The summed E-state index contributed by atoms with van der Waals surface area (Å²) in [6.07, 6.45) is 0. The quantitative estimate of drug-likeness (QED) is 0.246. The molecule has 0 radical (unpaired) electrons. The highest BCUT2D eigenvalue weighted by Gasteiger charge is 2.23. The van der Waals surface area contributed by atoms with Gasteiger partial charge in [-0.05, 0) is 65.8 Å². The topological polar surface area (TPSA) is 105 Å². The zero-order valence-corrected chi connectivity index (χ0v) is 22.4. The molecule has 1 heterocycles. The number of hydrogen-bond acceptors (Lipinski definition) is 6. The van der Waals surface area contributed by atoms with E-state index in [1.54, 1.807) is 24.3 Å². The molecule has 194 valence electrons. The van der Waals surface area contributed by atoms with Gasteiger partial charge in [-0.1, -0.05) is 56.1 Å². The second-order valence-corrected chi connectivity index (χ2v) is 9.97. The predicted octanol–water partition coefficient (Wildman–Crippen LogP) is 6.31. The summed E-state index contributed by atoms with van der Waals surface area (Å²) in [4.78, 5) is 25.9. The number of nitrogens with zero attached hydrogens (tertiary/aromatic N) is 2. The van der Waals surface area contributed by atoms with Gasteiger partial charge in [-0.2, -0.15) is 5.26 Å². The molecule has 0 saturated carbocycles. The number of nitriles is 1. The van der Waals surface area contributed by atoms with Crippen LogP contribution in [0.5, 0.6) is 5.75 Å². The van der Waals surface area contributed by atoms with Crippen LogP contribution in [-0.4, -0.2) is 24.0 Å². The molecular weight excluding hydrogens is 490 g/mol. The lowest BCUT2D eigenvalue weighted by molar-refractivity contribution is 0.101. The number of methoxy groups -OCH3 is 1. The van der Waals surface area contributed by atoms with Gasteiger partial charge in [0.25, 0.3) is 11.7 Å². The Labute approximate surface area is 227 Å². The standard InChI is InChI=1S/C32H27N3O4/c1-20-11-13-24(34-31(37)26-16-23(32(2,3)4)15-22(19-33)30(26)38-5)17-25(20)27-18-29(39-35-27)28(36)14-12-21-9-7-6-8-10-21/h6-11,13,15-18H,1-5H3,(H,34,37). The van der Waals surface area contributed by atoms with Crippen LogP contribution in [0.15, 0.2) is 71.3 Å². The van der Waals surface area contributed by atoms with Crippen molar-refractivity contribution in [3.05, 3.63) is 100 Å². The van der Waals surface area contributed by atoms with Gasteiger partial charge in [0.1, 0.15) is 17.5 Å². The smallest absolute Gasteiger partial charge is 0.274 e. The van der Waals surface area contributed by atoms with Crippen molar-refractivity contribution in [2.24, 2.45) is 0 Å². The number of Topliss-reactive ketones (excluding diaryl/α,β-unsaturated/α-hetero) is 1. The predicted molar refractivity (Wildman–Crippen MR) is 149 cm³/mol. The fraction of sp³-hybridized carbons (Fsp3) is 0.188. The molecule has 7 heteroatoms. The molecule has 0 fully saturated rings. The van der Waals surface area contributed by atoms with E-state index < -0.39 is 11.7 Å². The Balaban J connectivity index is 1.61. The normalized spacial score (nSPS) is 10.7. The van der Waals surface area contributed by atoms with Gasteiger partial charge in [0.15, 0.2) is 0 Å². The van der Waals surface area contributed by atoms with Crippen LogP contribution in [0, 0.1) is 30.1 Å². The van der Waals surface area contributed by atoms with E-state index in [0.717, 1.165) is 16.7 Å². The SMILES string of the molecule is COc1c(C#N)cc(C(C)(C)C)cc1C(=O)Nc1ccc(C)c(-c2cc(C(=O)C#Cc3ccccc3)on2)c1. The number of carbonyl (C=O) groups excluding carboxylic acids is 2. The van der Waals surface area contributed by atoms with Crippen molar-refractivity contribution >= 4 is 17.4 Å². The number of ether oxygens (including phenoxy) is 1. The Bertz CT molecular complexity index is 1660. The van der Waals surface area contributed by atoms with Gasteiger partial charge in [-0.3, -0.25) is 9.59 Å². The van der Waals surface area contributed by atoms with Crippen molar-refractivity contribution < 1.29 is 18.8 Å². The average Bonchev–Trinajstić information content (AvgIpc) is 3.42. The van der Waals surface area contributed by atoms with E-state index in [2.05, 4.69) is 28.4 Å². The first-order chi connectivity index (χ1) is 18.6. The minimum absolute atomic E-state index is 0.0232.